The second-order valence-electron chi connectivity index (χ2n) is 3.08. The lowest BCUT2D eigenvalue weighted by atomic mass is 10.2. The summed E-state index contributed by atoms with van der Waals surface area (Å²) < 4.78 is 5.44. The van der Waals surface area contributed by atoms with Crippen molar-refractivity contribution in [3.63, 3.8) is 0 Å². The van der Waals surface area contributed by atoms with Crippen LogP contribution in [0.1, 0.15) is 12.8 Å². The number of likely N-dealkylation sites (N-methyl/N-ethyl adjacent to an activating group) is 1. The van der Waals surface area contributed by atoms with Crippen LogP contribution in [-0.2, 0) is 4.74 Å². The Balaban J connectivity index is 2.24. The van der Waals surface area contributed by atoms with Crippen LogP contribution < -0.4 is 0 Å². The molecule has 0 N–H and O–H groups in total. The first-order valence-electron chi connectivity index (χ1n) is 3.67. The van der Waals surface area contributed by atoms with Crippen LogP contribution in [0.5, 0.6) is 0 Å². The molecule has 1 fully saturated rings. The lowest BCUT2D eigenvalue weighted by Gasteiger charge is -2.15. The smallest absolute Gasteiger partial charge is 0.111 e. The number of rotatable bonds is 2. The molecule has 0 amide bonds. The van der Waals surface area contributed by atoms with Gasteiger partial charge in [-0.05, 0) is 20.5 Å². The van der Waals surface area contributed by atoms with Gasteiger partial charge in [-0.3, -0.25) is 0 Å². The molecule has 1 aliphatic rings. The molecule has 1 atom stereocenters. The molecule has 1 rings (SSSR count). The van der Waals surface area contributed by atoms with Gasteiger partial charge >= 0.3 is 0 Å². The maximum absolute atomic E-state index is 5.44. The molecule has 0 spiro atoms. The summed E-state index contributed by atoms with van der Waals surface area (Å²) in [7, 11) is 4.12. The van der Waals surface area contributed by atoms with Crippen molar-refractivity contribution in [1.29, 1.82) is 0 Å². The van der Waals surface area contributed by atoms with Crippen molar-refractivity contribution in [2.75, 3.05) is 20.6 Å². The van der Waals surface area contributed by atoms with Crippen molar-refractivity contribution in [2.45, 2.75) is 18.9 Å². The van der Waals surface area contributed by atoms with Crippen molar-refractivity contribution in [3.05, 3.63) is 12.3 Å². The number of ether oxygens (including phenoxy) is 1. The zero-order valence-electron chi connectivity index (χ0n) is 6.76. The second-order valence-corrected chi connectivity index (χ2v) is 3.08. The van der Waals surface area contributed by atoms with Gasteiger partial charge in [-0.15, -0.1) is 0 Å². The van der Waals surface area contributed by atoms with Crippen molar-refractivity contribution in [2.24, 2.45) is 0 Å². The molecule has 2 heteroatoms. The van der Waals surface area contributed by atoms with Crippen LogP contribution in [0.15, 0.2) is 12.3 Å². The van der Waals surface area contributed by atoms with E-state index in [9.17, 15) is 0 Å². The van der Waals surface area contributed by atoms with Crippen molar-refractivity contribution in [3.8, 4) is 0 Å². The third-order valence-electron chi connectivity index (χ3n) is 1.65. The fourth-order valence-corrected chi connectivity index (χ4v) is 1.21. The number of allylic oxidation sites excluding steroid dienone is 1. The van der Waals surface area contributed by atoms with E-state index in [4.69, 9.17) is 4.74 Å². The molecule has 2 nitrogen and oxygen atoms in total. The Morgan fingerprint density at radius 3 is 2.80 bits per heavy atom. The first-order valence-corrected chi connectivity index (χ1v) is 3.67. The van der Waals surface area contributed by atoms with Gasteiger partial charge < -0.3 is 9.64 Å². The predicted molar refractivity (Wildman–Crippen MR) is 41.8 cm³/mol. The van der Waals surface area contributed by atoms with Crippen LogP contribution in [0.25, 0.3) is 0 Å². The second kappa shape index (κ2) is 3.06. The average Bonchev–Trinajstić information content (AvgIpc) is 2.13. The van der Waals surface area contributed by atoms with Gasteiger partial charge in [0.25, 0.3) is 0 Å². The van der Waals surface area contributed by atoms with Crippen LogP contribution in [0, 0.1) is 0 Å². The Bertz CT molecular complexity index is 131. The predicted octanol–water partition coefficient (Wildman–Crippen LogP) is 1.24. The van der Waals surface area contributed by atoms with E-state index in [1.165, 1.54) is 0 Å². The first kappa shape index (κ1) is 7.61. The molecule has 0 radical (unpaired) electrons. The van der Waals surface area contributed by atoms with Crippen LogP contribution in [-0.4, -0.2) is 31.6 Å². The number of hydrogen-bond acceptors (Lipinski definition) is 2. The zero-order valence-corrected chi connectivity index (χ0v) is 6.76. The molecule has 10 heavy (non-hydrogen) atoms. The summed E-state index contributed by atoms with van der Waals surface area (Å²) >= 11 is 0. The molecule has 0 bridgehead atoms. The fraction of sp³-hybridized carbons (Fsp3) is 0.750. The number of hydrogen-bond donors (Lipinski definition) is 0. The summed E-state index contributed by atoms with van der Waals surface area (Å²) in [5.41, 5.74) is 0. The van der Waals surface area contributed by atoms with Crippen molar-refractivity contribution >= 4 is 0 Å². The van der Waals surface area contributed by atoms with E-state index in [0.717, 1.165) is 25.1 Å². The normalized spacial score (nSPS) is 25.5. The molecular weight excluding hydrogens is 126 g/mol. The molecule has 0 saturated carbocycles. The zero-order chi connectivity index (χ0) is 7.56. The molecule has 0 aromatic carbocycles. The fourth-order valence-electron chi connectivity index (χ4n) is 1.21. The minimum Gasteiger partial charge on any atom is -0.494 e. The highest BCUT2D eigenvalue weighted by Gasteiger charge is 2.18. The van der Waals surface area contributed by atoms with Crippen LogP contribution in [0.4, 0.5) is 0 Å². The van der Waals surface area contributed by atoms with E-state index in [0.29, 0.717) is 6.10 Å². The quantitative estimate of drug-likeness (QED) is 0.573. The third kappa shape index (κ3) is 2.03. The molecular formula is C8H15NO. The monoisotopic (exact) mass is 141 g/mol. The lowest BCUT2D eigenvalue weighted by molar-refractivity contribution is 0.129. The highest BCUT2D eigenvalue weighted by atomic mass is 16.5. The molecule has 1 heterocycles. The maximum atomic E-state index is 5.44. The summed E-state index contributed by atoms with van der Waals surface area (Å²) in [6, 6.07) is 0. The number of nitrogens with zero attached hydrogens (tertiary/aromatic N) is 1. The molecule has 1 aliphatic heterocycles. The van der Waals surface area contributed by atoms with Crippen molar-refractivity contribution in [1.82, 2.24) is 4.90 Å². The van der Waals surface area contributed by atoms with E-state index in [1.807, 2.05) is 0 Å². The molecule has 1 unspecified atom stereocenters. The Labute approximate surface area is 62.5 Å². The Morgan fingerprint density at radius 2 is 2.40 bits per heavy atom. The first-order chi connectivity index (χ1) is 4.68. The molecule has 0 aromatic rings. The third-order valence-corrected chi connectivity index (χ3v) is 1.65. The van der Waals surface area contributed by atoms with Gasteiger partial charge in [0.05, 0.1) is 5.76 Å². The highest BCUT2D eigenvalue weighted by molar-refractivity contribution is 4.91. The molecule has 58 valence electrons. The minimum absolute atomic E-state index is 0.391. The van der Waals surface area contributed by atoms with Crippen LogP contribution >= 0.6 is 0 Å². The van der Waals surface area contributed by atoms with E-state index >= 15 is 0 Å². The van der Waals surface area contributed by atoms with E-state index < -0.39 is 0 Å². The topological polar surface area (TPSA) is 12.5 Å². The Morgan fingerprint density at radius 1 is 1.70 bits per heavy atom. The molecule has 1 saturated heterocycles. The highest BCUT2D eigenvalue weighted by Crippen LogP contribution is 2.21. The summed E-state index contributed by atoms with van der Waals surface area (Å²) in [5.74, 6) is 0.951. The molecule has 0 aliphatic carbocycles. The standard InChI is InChI=1S/C8H15NO/c1-7-4-5-8(10-7)6-9(2)3/h8H,1,4-6H2,2-3H3. The van der Waals surface area contributed by atoms with Crippen LogP contribution in [0.3, 0.4) is 0 Å². The summed E-state index contributed by atoms with van der Waals surface area (Å²) in [4.78, 5) is 2.14. The minimum atomic E-state index is 0.391. The Kier molecular flexibility index (Phi) is 2.33. The largest absolute Gasteiger partial charge is 0.494 e. The van der Waals surface area contributed by atoms with Gasteiger partial charge in [-0.25, -0.2) is 0 Å². The maximum Gasteiger partial charge on any atom is 0.111 e. The lowest BCUT2D eigenvalue weighted by Crippen LogP contribution is -2.24. The summed E-state index contributed by atoms with van der Waals surface area (Å²) in [6.45, 7) is 4.78. The van der Waals surface area contributed by atoms with E-state index in [-0.39, 0.29) is 0 Å². The van der Waals surface area contributed by atoms with Gasteiger partial charge in [-0.2, -0.15) is 0 Å². The SMILES string of the molecule is C=C1CCC(CN(C)C)O1. The molecule has 0 aromatic heterocycles. The van der Waals surface area contributed by atoms with E-state index in [1.54, 1.807) is 0 Å². The average molecular weight is 141 g/mol. The Hall–Kier alpha value is -0.500. The summed E-state index contributed by atoms with van der Waals surface area (Å²) in [5, 5.41) is 0. The van der Waals surface area contributed by atoms with Gasteiger partial charge in [0.1, 0.15) is 6.10 Å². The summed E-state index contributed by atoms with van der Waals surface area (Å²) in [6.07, 6.45) is 2.57. The van der Waals surface area contributed by atoms with Gasteiger partial charge in [0.2, 0.25) is 0 Å². The van der Waals surface area contributed by atoms with Gasteiger partial charge in [0.15, 0.2) is 0 Å². The van der Waals surface area contributed by atoms with Gasteiger partial charge in [0, 0.05) is 13.0 Å². The van der Waals surface area contributed by atoms with Crippen molar-refractivity contribution < 1.29 is 4.74 Å². The van der Waals surface area contributed by atoms with E-state index in [2.05, 4.69) is 25.6 Å². The van der Waals surface area contributed by atoms with Crippen LogP contribution in [0.2, 0.25) is 0 Å². The van der Waals surface area contributed by atoms with Gasteiger partial charge in [-0.1, -0.05) is 6.58 Å².